The standard InChI is InChI=1S/C20H20ClN3O2/c21-17-6-7-19(16(10-17)11-22)23-12-14-3-1-4-15(9-14)20(25)24-13-18-5-2-8-26-18/h1,3-4,6-7,9-10,18,23H,2,5,8,12-13H2,(H,24,25). The first-order chi connectivity index (χ1) is 12.7. The maximum absolute atomic E-state index is 12.3. The SMILES string of the molecule is N#Cc1cc(Cl)ccc1NCc1cccc(C(=O)NCC2CCCO2)c1. The van der Waals surface area contributed by atoms with Crippen LogP contribution in [-0.4, -0.2) is 25.2 Å². The molecule has 0 radical (unpaired) electrons. The average molecular weight is 370 g/mol. The zero-order chi connectivity index (χ0) is 18.4. The van der Waals surface area contributed by atoms with Crippen LogP contribution in [0.1, 0.15) is 34.3 Å². The fourth-order valence-corrected chi connectivity index (χ4v) is 3.07. The summed E-state index contributed by atoms with van der Waals surface area (Å²) in [6, 6.07) is 14.7. The molecule has 1 aliphatic heterocycles. The van der Waals surface area contributed by atoms with E-state index >= 15 is 0 Å². The van der Waals surface area contributed by atoms with E-state index in [9.17, 15) is 10.1 Å². The molecule has 5 nitrogen and oxygen atoms in total. The van der Waals surface area contributed by atoms with E-state index in [1.807, 2.05) is 18.2 Å². The van der Waals surface area contributed by atoms with Crippen LogP contribution in [0.25, 0.3) is 0 Å². The van der Waals surface area contributed by atoms with Crippen molar-refractivity contribution in [2.45, 2.75) is 25.5 Å². The highest BCUT2D eigenvalue weighted by molar-refractivity contribution is 6.30. The Bertz CT molecular complexity index is 826. The van der Waals surface area contributed by atoms with Gasteiger partial charge >= 0.3 is 0 Å². The third kappa shape index (κ3) is 4.75. The molecule has 0 spiro atoms. The summed E-state index contributed by atoms with van der Waals surface area (Å²) in [5.74, 6) is -0.105. The number of halogens is 1. The molecule has 0 aromatic heterocycles. The molecule has 1 fully saturated rings. The van der Waals surface area contributed by atoms with Gasteiger partial charge < -0.3 is 15.4 Å². The van der Waals surface area contributed by atoms with Crippen molar-refractivity contribution in [1.82, 2.24) is 5.32 Å². The lowest BCUT2D eigenvalue weighted by atomic mass is 10.1. The summed E-state index contributed by atoms with van der Waals surface area (Å²) in [7, 11) is 0. The first-order valence-electron chi connectivity index (χ1n) is 8.58. The minimum absolute atomic E-state index is 0.105. The van der Waals surface area contributed by atoms with Crippen molar-refractivity contribution in [3.8, 4) is 6.07 Å². The van der Waals surface area contributed by atoms with Gasteiger partial charge in [-0.2, -0.15) is 5.26 Å². The molecular weight excluding hydrogens is 350 g/mol. The van der Waals surface area contributed by atoms with Crippen LogP contribution in [0.4, 0.5) is 5.69 Å². The third-order valence-electron chi connectivity index (χ3n) is 4.29. The first kappa shape index (κ1) is 18.2. The second-order valence-electron chi connectivity index (χ2n) is 6.20. The van der Waals surface area contributed by atoms with Crippen LogP contribution in [0.3, 0.4) is 0 Å². The van der Waals surface area contributed by atoms with Crippen LogP contribution in [0.15, 0.2) is 42.5 Å². The van der Waals surface area contributed by atoms with Crippen LogP contribution in [0.5, 0.6) is 0 Å². The molecule has 1 aliphatic rings. The van der Waals surface area contributed by atoms with Crippen molar-refractivity contribution >= 4 is 23.2 Å². The number of anilines is 1. The third-order valence-corrected chi connectivity index (χ3v) is 4.52. The highest BCUT2D eigenvalue weighted by atomic mass is 35.5. The number of amides is 1. The predicted molar refractivity (Wildman–Crippen MR) is 101 cm³/mol. The van der Waals surface area contributed by atoms with Crippen LogP contribution >= 0.6 is 11.6 Å². The van der Waals surface area contributed by atoms with Gasteiger partial charge in [-0.15, -0.1) is 0 Å². The maximum Gasteiger partial charge on any atom is 0.251 e. The molecule has 1 saturated heterocycles. The Morgan fingerprint density at radius 3 is 2.96 bits per heavy atom. The Kier molecular flexibility index (Phi) is 6.11. The Hall–Kier alpha value is -2.55. The molecule has 1 unspecified atom stereocenters. The van der Waals surface area contributed by atoms with Crippen LogP contribution < -0.4 is 10.6 Å². The minimum atomic E-state index is -0.105. The van der Waals surface area contributed by atoms with Gasteiger partial charge in [-0.3, -0.25) is 4.79 Å². The summed E-state index contributed by atoms with van der Waals surface area (Å²) in [5.41, 5.74) is 2.76. The summed E-state index contributed by atoms with van der Waals surface area (Å²) in [5, 5.41) is 15.9. The van der Waals surface area contributed by atoms with Crippen molar-refractivity contribution in [2.24, 2.45) is 0 Å². The van der Waals surface area contributed by atoms with Gasteiger partial charge in [0.2, 0.25) is 0 Å². The monoisotopic (exact) mass is 369 g/mol. The van der Waals surface area contributed by atoms with Crippen LogP contribution in [-0.2, 0) is 11.3 Å². The maximum atomic E-state index is 12.3. The van der Waals surface area contributed by atoms with E-state index in [-0.39, 0.29) is 12.0 Å². The summed E-state index contributed by atoms with van der Waals surface area (Å²) in [4.78, 5) is 12.3. The summed E-state index contributed by atoms with van der Waals surface area (Å²) in [6.45, 7) is 1.82. The molecule has 1 heterocycles. The molecule has 2 aromatic rings. The summed E-state index contributed by atoms with van der Waals surface area (Å²) >= 11 is 5.91. The predicted octanol–water partition coefficient (Wildman–Crippen LogP) is 3.73. The molecule has 26 heavy (non-hydrogen) atoms. The fourth-order valence-electron chi connectivity index (χ4n) is 2.90. The molecule has 0 bridgehead atoms. The Morgan fingerprint density at radius 2 is 2.19 bits per heavy atom. The zero-order valence-electron chi connectivity index (χ0n) is 14.3. The molecule has 0 saturated carbocycles. The Morgan fingerprint density at radius 1 is 1.31 bits per heavy atom. The lowest BCUT2D eigenvalue weighted by molar-refractivity contribution is 0.0857. The fraction of sp³-hybridized carbons (Fsp3) is 0.300. The van der Waals surface area contributed by atoms with E-state index in [0.717, 1.165) is 25.0 Å². The lowest BCUT2D eigenvalue weighted by Gasteiger charge is -2.12. The lowest BCUT2D eigenvalue weighted by Crippen LogP contribution is -2.31. The van der Waals surface area contributed by atoms with Gasteiger partial charge in [0.05, 0.1) is 17.4 Å². The number of nitrogens with one attached hydrogen (secondary N) is 2. The van der Waals surface area contributed by atoms with Gasteiger partial charge in [0, 0.05) is 30.3 Å². The number of nitrogens with zero attached hydrogens (tertiary/aromatic N) is 1. The van der Waals surface area contributed by atoms with E-state index in [1.54, 1.807) is 24.3 Å². The minimum Gasteiger partial charge on any atom is -0.380 e. The van der Waals surface area contributed by atoms with Gasteiger partial charge in [0.15, 0.2) is 0 Å². The molecule has 134 valence electrons. The van der Waals surface area contributed by atoms with E-state index in [2.05, 4.69) is 16.7 Å². The molecule has 6 heteroatoms. The van der Waals surface area contributed by atoms with Gasteiger partial charge in [-0.05, 0) is 48.7 Å². The van der Waals surface area contributed by atoms with Crippen molar-refractivity contribution in [3.63, 3.8) is 0 Å². The number of nitriles is 1. The first-order valence-corrected chi connectivity index (χ1v) is 8.96. The van der Waals surface area contributed by atoms with Crippen molar-refractivity contribution in [3.05, 3.63) is 64.2 Å². The van der Waals surface area contributed by atoms with E-state index in [1.165, 1.54) is 0 Å². The smallest absolute Gasteiger partial charge is 0.251 e. The molecule has 1 atom stereocenters. The quantitative estimate of drug-likeness (QED) is 0.813. The Labute approximate surface area is 157 Å². The molecule has 1 amide bonds. The van der Waals surface area contributed by atoms with E-state index in [4.69, 9.17) is 16.3 Å². The molecule has 3 rings (SSSR count). The van der Waals surface area contributed by atoms with Gasteiger partial charge in [-0.1, -0.05) is 23.7 Å². The second-order valence-corrected chi connectivity index (χ2v) is 6.64. The molecule has 0 aliphatic carbocycles. The summed E-state index contributed by atoms with van der Waals surface area (Å²) < 4.78 is 5.52. The molecular formula is C20H20ClN3O2. The topological polar surface area (TPSA) is 74.2 Å². The average Bonchev–Trinajstić information content (AvgIpc) is 3.19. The number of hydrogen-bond acceptors (Lipinski definition) is 4. The van der Waals surface area contributed by atoms with Crippen molar-refractivity contribution < 1.29 is 9.53 Å². The zero-order valence-corrected chi connectivity index (χ0v) is 15.1. The normalized spacial score (nSPS) is 16.1. The number of hydrogen-bond donors (Lipinski definition) is 2. The number of carbonyl (C=O) groups excluding carboxylic acids is 1. The van der Waals surface area contributed by atoms with Gasteiger partial charge in [-0.25, -0.2) is 0 Å². The molecule has 2 aromatic carbocycles. The number of rotatable bonds is 6. The number of benzene rings is 2. The number of carbonyl (C=O) groups is 1. The van der Waals surface area contributed by atoms with Crippen LogP contribution in [0, 0.1) is 11.3 Å². The largest absolute Gasteiger partial charge is 0.380 e. The number of ether oxygens (including phenoxy) is 1. The Balaban J connectivity index is 1.60. The van der Waals surface area contributed by atoms with Crippen molar-refractivity contribution in [2.75, 3.05) is 18.5 Å². The van der Waals surface area contributed by atoms with E-state index < -0.39 is 0 Å². The van der Waals surface area contributed by atoms with E-state index in [0.29, 0.717) is 34.9 Å². The van der Waals surface area contributed by atoms with Crippen LogP contribution in [0.2, 0.25) is 5.02 Å². The van der Waals surface area contributed by atoms with Crippen molar-refractivity contribution in [1.29, 1.82) is 5.26 Å². The second kappa shape index (κ2) is 8.70. The highest BCUT2D eigenvalue weighted by Gasteiger charge is 2.16. The van der Waals surface area contributed by atoms with Gasteiger partial charge in [0.25, 0.3) is 5.91 Å². The van der Waals surface area contributed by atoms with Gasteiger partial charge in [0.1, 0.15) is 6.07 Å². The summed E-state index contributed by atoms with van der Waals surface area (Å²) in [6.07, 6.45) is 2.17. The highest BCUT2D eigenvalue weighted by Crippen LogP contribution is 2.20. The molecule has 2 N–H and O–H groups in total.